The van der Waals surface area contributed by atoms with Gasteiger partial charge < -0.3 is 10.6 Å². The van der Waals surface area contributed by atoms with Crippen molar-refractivity contribution in [2.24, 2.45) is 5.92 Å². The zero-order valence-corrected chi connectivity index (χ0v) is 14.2. The van der Waals surface area contributed by atoms with Crippen LogP contribution < -0.4 is 10.6 Å². The second-order valence-corrected chi connectivity index (χ2v) is 6.51. The van der Waals surface area contributed by atoms with Crippen LogP contribution in [0.25, 0.3) is 0 Å². The van der Waals surface area contributed by atoms with E-state index in [9.17, 15) is 9.59 Å². The van der Waals surface area contributed by atoms with Gasteiger partial charge in [0.1, 0.15) is 12.6 Å². The number of benzene rings is 1. The third-order valence-electron chi connectivity index (χ3n) is 4.54. The maximum atomic E-state index is 12.5. The summed E-state index contributed by atoms with van der Waals surface area (Å²) in [6.07, 6.45) is 6.45. The molecule has 2 N–H and O–H groups in total. The topological polar surface area (TPSA) is 82.0 Å². The number of nitrogens with zero attached hydrogens (tertiary/aromatic N) is 1. The first-order valence-electron chi connectivity index (χ1n) is 8.62. The molecule has 0 bridgehead atoms. The van der Waals surface area contributed by atoms with Gasteiger partial charge in [-0.3, -0.25) is 9.59 Å². The van der Waals surface area contributed by atoms with Crippen molar-refractivity contribution in [2.75, 3.05) is 6.54 Å². The summed E-state index contributed by atoms with van der Waals surface area (Å²) < 4.78 is 0. The average molecular weight is 327 g/mol. The fraction of sp³-hybridized carbons (Fsp3) is 0.526. The van der Waals surface area contributed by atoms with E-state index in [1.165, 1.54) is 19.3 Å². The third kappa shape index (κ3) is 5.38. The Balaban J connectivity index is 2.04. The lowest BCUT2D eigenvalue weighted by molar-refractivity contribution is -0.123. The van der Waals surface area contributed by atoms with E-state index in [0.717, 1.165) is 18.4 Å². The first-order chi connectivity index (χ1) is 11.6. The van der Waals surface area contributed by atoms with Crippen molar-refractivity contribution in [1.82, 2.24) is 10.6 Å². The van der Waals surface area contributed by atoms with Crippen molar-refractivity contribution in [3.8, 4) is 6.07 Å². The molecule has 2 amide bonds. The molecule has 0 unspecified atom stereocenters. The van der Waals surface area contributed by atoms with E-state index in [0.29, 0.717) is 17.9 Å². The van der Waals surface area contributed by atoms with Gasteiger partial charge in [0.25, 0.3) is 5.91 Å². The molecule has 0 saturated heterocycles. The summed E-state index contributed by atoms with van der Waals surface area (Å²) in [6.45, 7) is 1.89. The van der Waals surface area contributed by atoms with E-state index in [2.05, 4.69) is 10.6 Å². The van der Waals surface area contributed by atoms with Crippen LogP contribution >= 0.6 is 0 Å². The normalized spacial score (nSPS) is 16.0. The maximum absolute atomic E-state index is 12.5. The molecule has 0 spiro atoms. The van der Waals surface area contributed by atoms with Crippen LogP contribution in [0, 0.1) is 24.2 Å². The van der Waals surface area contributed by atoms with Crippen LogP contribution in [-0.2, 0) is 4.79 Å². The smallest absolute Gasteiger partial charge is 0.251 e. The van der Waals surface area contributed by atoms with Gasteiger partial charge >= 0.3 is 0 Å². The minimum Gasteiger partial charge on any atom is -0.341 e. The SMILES string of the molecule is Cc1cccc(C(=O)N[C@@H](CC2CCCCC2)C(=O)NCC#N)c1. The fourth-order valence-electron chi connectivity index (χ4n) is 3.27. The van der Waals surface area contributed by atoms with Crippen molar-refractivity contribution in [2.45, 2.75) is 51.5 Å². The number of hydrogen-bond donors (Lipinski definition) is 2. The minimum absolute atomic E-state index is 0.0414. The predicted octanol–water partition coefficient (Wildman–Crippen LogP) is 2.70. The van der Waals surface area contributed by atoms with E-state index in [4.69, 9.17) is 5.26 Å². The molecule has 1 aromatic carbocycles. The molecule has 0 radical (unpaired) electrons. The predicted molar refractivity (Wildman–Crippen MR) is 92.2 cm³/mol. The molecule has 1 saturated carbocycles. The Morgan fingerprint density at radius 2 is 2.04 bits per heavy atom. The Morgan fingerprint density at radius 1 is 1.29 bits per heavy atom. The zero-order valence-electron chi connectivity index (χ0n) is 14.2. The molecule has 1 fully saturated rings. The van der Waals surface area contributed by atoms with Crippen molar-refractivity contribution in [1.29, 1.82) is 5.26 Å². The van der Waals surface area contributed by atoms with Crippen molar-refractivity contribution < 1.29 is 9.59 Å². The van der Waals surface area contributed by atoms with Crippen LogP contribution in [0.4, 0.5) is 0 Å². The van der Waals surface area contributed by atoms with Gasteiger partial charge in [0.2, 0.25) is 5.91 Å². The van der Waals surface area contributed by atoms with Crippen molar-refractivity contribution in [3.63, 3.8) is 0 Å². The van der Waals surface area contributed by atoms with E-state index < -0.39 is 6.04 Å². The Morgan fingerprint density at radius 3 is 2.71 bits per heavy atom. The number of amides is 2. The second-order valence-electron chi connectivity index (χ2n) is 6.51. The van der Waals surface area contributed by atoms with E-state index in [1.807, 2.05) is 25.1 Å². The van der Waals surface area contributed by atoms with Crippen LogP contribution in [0.1, 0.15) is 54.4 Å². The third-order valence-corrected chi connectivity index (χ3v) is 4.54. The lowest BCUT2D eigenvalue weighted by atomic mass is 9.84. The highest BCUT2D eigenvalue weighted by Gasteiger charge is 2.26. The van der Waals surface area contributed by atoms with Gasteiger partial charge in [-0.15, -0.1) is 0 Å². The van der Waals surface area contributed by atoms with Gasteiger partial charge in [-0.05, 0) is 31.4 Å². The molecule has 128 valence electrons. The highest BCUT2D eigenvalue weighted by Crippen LogP contribution is 2.27. The molecule has 1 atom stereocenters. The molecule has 2 rings (SSSR count). The van der Waals surface area contributed by atoms with Crippen LogP contribution in [0.5, 0.6) is 0 Å². The summed E-state index contributed by atoms with van der Waals surface area (Å²) in [6, 6.07) is 8.62. The summed E-state index contributed by atoms with van der Waals surface area (Å²) in [7, 11) is 0. The van der Waals surface area contributed by atoms with Gasteiger partial charge in [-0.1, -0.05) is 49.8 Å². The van der Waals surface area contributed by atoms with Crippen molar-refractivity contribution in [3.05, 3.63) is 35.4 Å². The summed E-state index contributed by atoms with van der Waals surface area (Å²) in [5.41, 5.74) is 1.55. The summed E-state index contributed by atoms with van der Waals surface area (Å²) >= 11 is 0. The summed E-state index contributed by atoms with van der Waals surface area (Å²) in [5, 5.41) is 14.1. The number of rotatable bonds is 6. The first kappa shape index (κ1) is 18.0. The number of hydrogen-bond acceptors (Lipinski definition) is 3. The molecule has 24 heavy (non-hydrogen) atoms. The monoisotopic (exact) mass is 327 g/mol. The Bertz CT molecular complexity index is 615. The highest BCUT2D eigenvalue weighted by atomic mass is 16.2. The Hall–Kier alpha value is -2.35. The number of nitriles is 1. The molecule has 1 aliphatic carbocycles. The van der Waals surface area contributed by atoms with Gasteiger partial charge in [0, 0.05) is 5.56 Å². The largest absolute Gasteiger partial charge is 0.341 e. The van der Waals surface area contributed by atoms with Crippen molar-refractivity contribution >= 4 is 11.8 Å². The number of carbonyl (C=O) groups excluding carboxylic acids is 2. The number of nitrogens with one attached hydrogen (secondary N) is 2. The molecule has 1 aromatic rings. The van der Waals surface area contributed by atoms with Crippen LogP contribution in [0.3, 0.4) is 0 Å². The molecular weight excluding hydrogens is 302 g/mol. The molecule has 1 aliphatic rings. The lowest BCUT2D eigenvalue weighted by Crippen LogP contribution is -2.48. The van der Waals surface area contributed by atoms with E-state index in [1.54, 1.807) is 12.1 Å². The summed E-state index contributed by atoms with van der Waals surface area (Å²) in [4.78, 5) is 24.8. The standard InChI is InChI=1S/C19H25N3O2/c1-14-6-5-9-16(12-14)18(23)22-17(19(24)21-11-10-20)13-15-7-3-2-4-8-15/h5-6,9,12,15,17H,2-4,7-8,11,13H2,1H3,(H,21,24)(H,22,23)/t17-/m0/s1. The summed E-state index contributed by atoms with van der Waals surface area (Å²) in [5.74, 6) is -0.0656. The Kier molecular flexibility index (Phi) is 6.80. The fourth-order valence-corrected chi connectivity index (χ4v) is 3.27. The highest BCUT2D eigenvalue weighted by molar-refractivity contribution is 5.97. The molecule has 5 nitrogen and oxygen atoms in total. The quantitative estimate of drug-likeness (QED) is 0.788. The molecule has 0 aromatic heterocycles. The number of aryl methyl sites for hydroxylation is 1. The van der Waals surface area contributed by atoms with Gasteiger partial charge in [-0.2, -0.15) is 5.26 Å². The van der Waals surface area contributed by atoms with Gasteiger partial charge in [0.05, 0.1) is 6.07 Å². The second kappa shape index (κ2) is 9.07. The van der Waals surface area contributed by atoms with Crippen LogP contribution in [-0.4, -0.2) is 24.4 Å². The maximum Gasteiger partial charge on any atom is 0.251 e. The van der Waals surface area contributed by atoms with Gasteiger partial charge in [-0.25, -0.2) is 0 Å². The first-order valence-corrected chi connectivity index (χ1v) is 8.62. The van der Waals surface area contributed by atoms with Crippen LogP contribution in [0.15, 0.2) is 24.3 Å². The number of carbonyl (C=O) groups is 2. The Labute approximate surface area is 143 Å². The zero-order chi connectivity index (χ0) is 17.4. The molecule has 0 heterocycles. The molecule has 5 heteroatoms. The molecule has 0 aliphatic heterocycles. The lowest BCUT2D eigenvalue weighted by Gasteiger charge is -2.26. The average Bonchev–Trinajstić information content (AvgIpc) is 2.60. The van der Waals surface area contributed by atoms with E-state index >= 15 is 0 Å². The van der Waals surface area contributed by atoms with Gasteiger partial charge in [0.15, 0.2) is 0 Å². The van der Waals surface area contributed by atoms with E-state index in [-0.39, 0.29) is 18.4 Å². The minimum atomic E-state index is -0.588. The van der Waals surface area contributed by atoms with Crippen LogP contribution in [0.2, 0.25) is 0 Å². The molecular formula is C19H25N3O2.